The molecule has 0 bridgehead atoms. The van der Waals surface area contributed by atoms with Crippen molar-refractivity contribution < 1.29 is 4.74 Å². The van der Waals surface area contributed by atoms with Crippen LogP contribution in [-0.2, 0) is 19.5 Å². The van der Waals surface area contributed by atoms with E-state index in [1.165, 1.54) is 16.8 Å². The summed E-state index contributed by atoms with van der Waals surface area (Å²) >= 11 is 0. The van der Waals surface area contributed by atoms with E-state index in [1.807, 2.05) is 7.05 Å². The van der Waals surface area contributed by atoms with Gasteiger partial charge in [-0.05, 0) is 37.7 Å². The van der Waals surface area contributed by atoms with Gasteiger partial charge in [0.1, 0.15) is 11.9 Å². The molecule has 0 aliphatic carbocycles. The molecule has 1 aromatic heterocycles. The Labute approximate surface area is 114 Å². The maximum absolute atomic E-state index is 6.03. The molecule has 0 radical (unpaired) electrons. The third-order valence-corrected chi connectivity index (χ3v) is 3.64. The van der Waals surface area contributed by atoms with Gasteiger partial charge in [-0.3, -0.25) is 0 Å². The fourth-order valence-electron chi connectivity index (χ4n) is 2.74. The summed E-state index contributed by atoms with van der Waals surface area (Å²) in [5.74, 6) is 1.05. The lowest BCUT2D eigenvalue weighted by atomic mass is 10.1. The van der Waals surface area contributed by atoms with Crippen LogP contribution in [0, 0.1) is 6.92 Å². The molecule has 0 amide bonds. The van der Waals surface area contributed by atoms with Crippen LogP contribution in [0.5, 0.6) is 5.75 Å². The second kappa shape index (κ2) is 5.10. The van der Waals surface area contributed by atoms with Crippen LogP contribution in [0.1, 0.15) is 16.8 Å². The number of fused-ring (bicyclic) bond motifs is 1. The van der Waals surface area contributed by atoms with Crippen LogP contribution in [0.25, 0.3) is 0 Å². The van der Waals surface area contributed by atoms with Gasteiger partial charge in [0.15, 0.2) is 0 Å². The van der Waals surface area contributed by atoms with E-state index in [-0.39, 0.29) is 6.10 Å². The van der Waals surface area contributed by atoms with Crippen molar-refractivity contribution in [2.75, 3.05) is 7.05 Å². The van der Waals surface area contributed by atoms with E-state index in [4.69, 9.17) is 4.74 Å². The number of ether oxygens (including phenoxy) is 1. The highest BCUT2D eigenvalue weighted by atomic mass is 16.5. The average molecular weight is 256 g/mol. The molecule has 0 saturated heterocycles. The number of hydrogen-bond acceptors (Lipinski definition) is 2. The SMILES string of the molecule is CNCc1cccn1CC1Cc2cc(C)ccc2O1. The second-order valence-electron chi connectivity index (χ2n) is 5.24. The van der Waals surface area contributed by atoms with Crippen LogP contribution in [0.3, 0.4) is 0 Å². The number of rotatable bonds is 4. The topological polar surface area (TPSA) is 26.2 Å². The second-order valence-corrected chi connectivity index (χ2v) is 5.24. The van der Waals surface area contributed by atoms with Crippen molar-refractivity contribution in [2.45, 2.75) is 32.5 Å². The van der Waals surface area contributed by atoms with E-state index < -0.39 is 0 Å². The van der Waals surface area contributed by atoms with Crippen LogP contribution >= 0.6 is 0 Å². The van der Waals surface area contributed by atoms with E-state index in [1.54, 1.807) is 0 Å². The molecule has 3 heteroatoms. The van der Waals surface area contributed by atoms with Crippen molar-refractivity contribution >= 4 is 0 Å². The summed E-state index contributed by atoms with van der Waals surface area (Å²) in [6.45, 7) is 3.94. The van der Waals surface area contributed by atoms with Gasteiger partial charge in [0.2, 0.25) is 0 Å². The molecule has 3 nitrogen and oxygen atoms in total. The smallest absolute Gasteiger partial charge is 0.123 e. The number of aromatic nitrogens is 1. The Morgan fingerprint density at radius 1 is 1.37 bits per heavy atom. The normalized spacial score (nSPS) is 17.3. The highest BCUT2D eigenvalue weighted by Gasteiger charge is 2.23. The molecule has 2 heterocycles. The third kappa shape index (κ3) is 2.51. The molecule has 1 aromatic carbocycles. The molecule has 1 aliphatic rings. The molecule has 1 unspecified atom stereocenters. The minimum Gasteiger partial charge on any atom is -0.488 e. The van der Waals surface area contributed by atoms with Gasteiger partial charge >= 0.3 is 0 Å². The first-order valence-electron chi connectivity index (χ1n) is 6.81. The van der Waals surface area contributed by atoms with Gasteiger partial charge in [-0.1, -0.05) is 17.7 Å². The number of benzene rings is 1. The van der Waals surface area contributed by atoms with Gasteiger partial charge in [-0.25, -0.2) is 0 Å². The van der Waals surface area contributed by atoms with Crippen LogP contribution in [-0.4, -0.2) is 17.7 Å². The van der Waals surface area contributed by atoms with E-state index in [9.17, 15) is 0 Å². The molecule has 1 N–H and O–H groups in total. The Morgan fingerprint density at radius 2 is 2.26 bits per heavy atom. The van der Waals surface area contributed by atoms with Crippen molar-refractivity contribution in [2.24, 2.45) is 0 Å². The highest BCUT2D eigenvalue weighted by Crippen LogP contribution is 2.30. The van der Waals surface area contributed by atoms with Crippen molar-refractivity contribution in [3.8, 4) is 5.75 Å². The number of aryl methyl sites for hydroxylation is 1. The summed E-state index contributed by atoms with van der Waals surface area (Å²) < 4.78 is 8.30. The lowest BCUT2D eigenvalue weighted by Crippen LogP contribution is -2.22. The van der Waals surface area contributed by atoms with Gasteiger partial charge < -0.3 is 14.6 Å². The van der Waals surface area contributed by atoms with E-state index in [2.05, 4.69) is 53.3 Å². The van der Waals surface area contributed by atoms with Crippen molar-refractivity contribution in [1.82, 2.24) is 9.88 Å². The molecular formula is C16H20N2O. The third-order valence-electron chi connectivity index (χ3n) is 3.64. The first kappa shape index (κ1) is 12.3. The summed E-state index contributed by atoms with van der Waals surface area (Å²) in [6.07, 6.45) is 3.39. The van der Waals surface area contributed by atoms with Gasteiger partial charge in [0, 0.05) is 24.9 Å². The summed E-state index contributed by atoms with van der Waals surface area (Å²) in [5, 5.41) is 3.20. The maximum atomic E-state index is 6.03. The molecule has 2 aromatic rings. The summed E-state index contributed by atoms with van der Waals surface area (Å²) in [6, 6.07) is 10.7. The van der Waals surface area contributed by atoms with Crippen molar-refractivity contribution in [3.63, 3.8) is 0 Å². The van der Waals surface area contributed by atoms with Gasteiger partial charge in [-0.2, -0.15) is 0 Å². The van der Waals surface area contributed by atoms with E-state index >= 15 is 0 Å². The van der Waals surface area contributed by atoms with Gasteiger partial charge in [0.05, 0.1) is 6.54 Å². The standard InChI is InChI=1S/C16H20N2O/c1-12-5-6-16-13(8-12)9-15(19-16)11-18-7-3-4-14(18)10-17-2/h3-8,15,17H,9-11H2,1-2H3. The van der Waals surface area contributed by atoms with Crippen molar-refractivity contribution in [1.29, 1.82) is 0 Å². The summed E-state index contributed by atoms with van der Waals surface area (Å²) in [5.41, 5.74) is 3.95. The molecule has 1 aliphatic heterocycles. The number of hydrogen-bond donors (Lipinski definition) is 1. The fraction of sp³-hybridized carbons (Fsp3) is 0.375. The number of nitrogens with one attached hydrogen (secondary N) is 1. The lowest BCUT2D eigenvalue weighted by molar-refractivity contribution is 0.208. The molecule has 1 atom stereocenters. The Hall–Kier alpha value is -1.74. The van der Waals surface area contributed by atoms with E-state index in [0.29, 0.717) is 0 Å². The molecule has 0 fully saturated rings. The molecule has 0 spiro atoms. The average Bonchev–Trinajstić information content (AvgIpc) is 2.97. The minimum absolute atomic E-state index is 0.250. The molecule has 19 heavy (non-hydrogen) atoms. The zero-order valence-corrected chi connectivity index (χ0v) is 11.5. The summed E-state index contributed by atoms with van der Waals surface area (Å²) in [4.78, 5) is 0. The van der Waals surface area contributed by atoms with Crippen LogP contribution in [0.2, 0.25) is 0 Å². The highest BCUT2D eigenvalue weighted by molar-refractivity contribution is 5.40. The van der Waals surface area contributed by atoms with Gasteiger partial charge in [-0.15, -0.1) is 0 Å². The Morgan fingerprint density at radius 3 is 3.11 bits per heavy atom. The van der Waals surface area contributed by atoms with Crippen LogP contribution < -0.4 is 10.1 Å². The van der Waals surface area contributed by atoms with Crippen LogP contribution in [0.15, 0.2) is 36.5 Å². The minimum atomic E-state index is 0.250. The van der Waals surface area contributed by atoms with Crippen LogP contribution in [0.4, 0.5) is 0 Å². The quantitative estimate of drug-likeness (QED) is 0.909. The molecular weight excluding hydrogens is 236 g/mol. The maximum Gasteiger partial charge on any atom is 0.123 e. The van der Waals surface area contributed by atoms with Gasteiger partial charge in [0.25, 0.3) is 0 Å². The predicted octanol–water partition coefficient (Wildman–Crippen LogP) is 2.52. The largest absolute Gasteiger partial charge is 0.488 e. The monoisotopic (exact) mass is 256 g/mol. The molecule has 0 saturated carbocycles. The molecule has 100 valence electrons. The number of nitrogens with zero attached hydrogens (tertiary/aromatic N) is 1. The summed E-state index contributed by atoms with van der Waals surface area (Å²) in [7, 11) is 1.97. The first-order valence-corrected chi connectivity index (χ1v) is 6.81. The van der Waals surface area contributed by atoms with E-state index in [0.717, 1.165) is 25.3 Å². The lowest BCUT2D eigenvalue weighted by Gasteiger charge is -2.14. The fourth-order valence-corrected chi connectivity index (χ4v) is 2.74. The van der Waals surface area contributed by atoms with Crippen molar-refractivity contribution in [3.05, 3.63) is 53.3 Å². The Bertz CT molecular complexity index is 574. The first-order chi connectivity index (χ1) is 9.26. The Kier molecular flexibility index (Phi) is 3.30. The zero-order valence-electron chi connectivity index (χ0n) is 11.5. The predicted molar refractivity (Wildman–Crippen MR) is 76.5 cm³/mol. The zero-order chi connectivity index (χ0) is 13.2. The Balaban J connectivity index is 1.71. The molecule has 3 rings (SSSR count).